The third-order valence-electron chi connectivity index (χ3n) is 6.02. The van der Waals surface area contributed by atoms with Crippen LogP contribution >= 0.6 is 0 Å². The molecule has 0 bridgehead atoms. The number of alkyl halides is 1. The Morgan fingerprint density at radius 1 is 1.23 bits per heavy atom. The van der Waals surface area contributed by atoms with Crippen molar-refractivity contribution in [3.8, 4) is 11.5 Å². The number of methoxy groups -OCH3 is 1. The summed E-state index contributed by atoms with van der Waals surface area (Å²) in [6.07, 6.45) is 0.0928. The normalized spacial score (nSPS) is 28.4. The first-order valence-electron chi connectivity index (χ1n) is 9.61. The Bertz CT molecular complexity index is 1240. The van der Waals surface area contributed by atoms with Crippen molar-refractivity contribution >= 4 is 20.6 Å². The molecular formula is C22H22F3NO4S. The summed E-state index contributed by atoms with van der Waals surface area (Å²) < 4.78 is 77.7. The Labute approximate surface area is 178 Å². The largest absolute Gasteiger partial charge is 0.495 e. The maximum atomic E-state index is 14.8. The summed E-state index contributed by atoms with van der Waals surface area (Å²) in [7, 11) is -2.14. The Kier molecular flexibility index (Phi) is 5.09. The maximum absolute atomic E-state index is 14.8. The average Bonchev–Trinajstić information content (AvgIpc) is 2.70. The fraction of sp³-hybridized carbons (Fsp3) is 0.364. The second kappa shape index (κ2) is 7.27. The van der Waals surface area contributed by atoms with Gasteiger partial charge >= 0.3 is 0 Å². The molecule has 0 spiro atoms. The highest BCUT2D eigenvalue weighted by Gasteiger charge is 2.49. The zero-order valence-electron chi connectivity index (χ0n) is 17.2. The minimum absolute atomic E-state index is 0.0609. The summed E-state index contributed by atoms with van der Waals surface area (Å²) in [5.74, 6) is -1.78. The molecule has 2 aromatic rings. The van der Waals surface area contributed by atoms with Gasteiger partial charge in [0.2, 0.25) is 0 Å². The lowest BCUT2D eigenvalue weighted by Gasteiger charge is -2.44. The highest BCUT2D eigenvalue weighted by molar-refractivity contribution is 7.90. The number of halogens is 3. The lowest BCUT2D eigenvalue weighted by atomic mass is 9.72. The molecular weight excluding hydrogens is 431 g/mol. The van der Waals surface area contributed by atoms with Crippen LogP contribution in [0, 0.1) is 5.41 Å². The van der Waals surface area contributed by atoms with Gasteiger partial charge in [-0.05, 0) is 54.5 Å². The second-order valence-corrected chi connectivity index (χ2v) is 10.2. The van der Waals surface area contributed by atoms with Gasteiger partial charge in [0.1, 0.15) is 28.7 Å². The van der Waals surface area contributed by atoms with Crippen molar-refractivity contribution in [2.24, 2.45) is 11.1 Å². The van der Waals surface area contributed by atoms with Gasteiger partial charge < -0.3 is 15.2 Å². The number of sulfone groups is 1. The fourth-order valence-corrected chi connectivity index (χ4v) is 5.20. The molecule has 4 rings (SSSR count). The van der Waals surface area contributed by atoms with Gasteiger partial charge in [-0.15, -0.1) is 0 Å². The summed E-state index contributed by atoms with van der Waals surface area (Å²) in [6.45, 7) is 1.44. The van der Waals surface area contributed by atoms with E-state index in [1.807, 2.05) is 0 Å². The quantitative estimate of drug-likeness (QED) is 0.762. The number of fused-ring (bicyclic) bond motifs is 3. The highest BCUT2D eigenvalue weighted by Crippen LogP contribution is 2.46. The van der Waals surface area contributed by atoms with Crippen LogP contribution in [0.1, 0.15) is 12.5 Å². The zero-order valence-corrected chi connectivity index (χ0v) is 18.0. The Hall–Kier alpha value is -2.52. The van der Waals surface area contributed by atoms with Crippen molar-refractivity contribution in [1.82, 2.24) is 0 Å². The van der Waals surface area contributed by atoms with Crippen LogP contribution in [0.25, 0.3) is 10.8 Å². The number of hydrogen-bond acceptors (Lipinski definition) is 5. The topological polar surface area (TPSA) is 78.6 Å². The molecule has 1 aliphatic heterocycles. The molecule has 0 aromatic heterocycles. The van der Waals surface area contributed by atoms with Gasteiger partial charge in [-0.25, -0.2) is 21.6 Å². The molecule has 2 aliphatic rings. The number of ether oxygens (including phenoxy) is 2. The van der Waals surface area contributed by atoms with Crippen molar-refractivity contribution in [3.63, 3.8) is 0 Å². The summed E-state index contributed by atoms with van der Waals surface area (Å²) in [4.78, 5) is 0.0609. The van der Waals surface area contributed by atoms with E-state index in [4.69, 9.17) is 15.2 Å². The molecule has 0 saturated heterocycles. The minimum Gasteiger partial charge on any atom is -0.495 e. The molecule has 1 aliphatic carbocycles. The second-order valence-electron chi connectivity index (χ2n) is 8.22. The van der Waals surface area contributed by atoms with E-state index in [9.17, 15) is 21.6 Å². The first-order chi connectivity index (χ1) is 14.5. The first-order valence-corrected chi connectivity index (χ1v) is 11.5. The summed E-state index contributed by atoms with van der Waals surface area (Å²) in [5, 5.41) is 1.34. The third-order valence-corrected chi connectivity index (χ3v) is 7.14. The number of hydrogen-bond donors (Lipinski definition) is 1. The lowest BCUT2D eigenvalue weighted by Crippen LogP contribution is -2.55. The maximum Gasteiger partial charge on any atom is 0.179 e. The smallest absolute Gasteiger partial charge is 0.179 e. The van der Waals surface area contributed by atoms with E-state index in [0.29, 0.717) is 28.2 Å². The summed E-state index contributed by atoms with van der Waals surface area (Å²) in [6, 6.07) is 5.74. The molecule has 4 atom stereocenters. The molecule has 0 amide bonds. The molecule has 2 aromatic carbocycles. The van der Waals surface area contributed by atoms with E-state index in [2.05, 4.69) is 0 Å². The predicted octanol–water partition coefficient (Wildman–Crippen LogP) is 3.95. The standard InChI is InChI=1S/C22H22F3NO4S/c1-22(10-15(24)14(23)9-20(22)25)21-16(26)7-13-12-8-18(29-2)19(31(3,27)28)6-11(12)4-5-17(13)30-21/h4-6,8-10,16,20-21H,7,26H2,1-3H3/t16-,20?,21-,22?/m0/s1. The number of benzene rings is 2. The van der Waals surface area contributed by atoms with E-state index < -0.39 is 45.2 Å². The van der Waals surface area contributed by atoms with E-state index in [-0.39, 0.29) is 17.1 Å². The van der Waals surface area contributed by atoms with Crippen molar-refractivity contribution in [3.05, 3.63) is 53.6 Å². The van der Waals surface area contributed by atoms with Crippen LogP contribution < -0.4 is 15.2 Å². The van der Waals surface area contributed by atoms with Crippen molar-refractivity contribution in [2.75, 3.05) is 13.4 Å². The van der Waals surface area contributed by atoms with Gasteiger partial charge in [-0.2, -0.15) is 0 Å². The minimum atomic E-state index is -3.52. The van der Waals surface area contributed by atoms with Crippen LogP contribution in [0.15, 0.2) is 53.0 Å². The number of nitrogens with two attached hydrogens (primary N) is 1. The van der Waals surface area contributed by atoms with Crippen LogP contribution in [0.3, 0.4) is 0 Å². The van der Waals surface area contributed by atoms with Gasteiger partial charge in [-0.1, -0.05) is 6.07 Å². The molecule has 9 heteroatoms. The van der Waals surface area contributed by atoms with Crippen molar-refractivity contribution in [2.45, 2.75) is 36.6 Å². The molecule has 31 heavy (non-hydrogen) atoms. The molecule has 0 fully saturated rings. The van der Waals surface area contributed by atoms with Crippen LogP contribution in [0.5, 0.6) is 11.5 Å². The van der Waals surface area contributed by atoms with Crippen molar-refractivity contribution < 1.29 is 31.1 Å². The SMILES string of the molecule is COc1cc2c3c(ccc2cc1S(C)(=O)=O)O[C@H](C1(C)C=C(F)C(F)=CC1F)[C@@H](N)C3. The predicted molar refractivity (Wildman–Crippen MR) is 111 cm³/mol. The van der Waals surface area contributed by atoms with E-state index in [1.165, 1.54) is 20.1 Å². The molecule has 2 unspecified atom stereocenters. The summed E-state index contributed by atoms with van der Waals surface area (Å²) >= 11 is 0. The third kappa shape index (κ3) is 3.49. The fourth-order valence-electron chi connectivity index (χ4n) is 4.35. The van der Waals surface area contributed by atoms with Gasteiger partial charge in [0.25, 0.3) is 0 Å². The van der Waals surface area contributed by atoms with Gasteiger partial charge in [-0.3, -0.25) is 0 Å². The zero-order chi connectivity index (χ0) is 22.7. The monoisotopic (exact) mass is 453 g/mol. The molecule has 1 heterocycles. The van der Waals surface area contributed by atoms with Gasteiger partial charge in [0.15, 0.2) is 21.5 Å². The van der Waals surface area contributed by atoms with E-state index in [1.54, 1.807) is 18.2 Å². The Morgan fingerprint density at radius 2 is 1.94 bits per heavy atom. The molecule has 0 saturated carbocycles. The van der Waals surface area contributed by atoms with Crippen LogP contribution in [0.2, 0.25) is 0 Å². The van der Waals surface area contributed by atoms with Crippen molar-refractivity contribution in [1.29, 1.82) is 0 Å². The summed E-state index contributed by atoms with van der Waals surface area (Å²) in [5.41, 5.74) is 5.54. The van der Waals surface area contributed by atoms with Crippen LogP contribution in [-0.4, -0.2) is 40.1 Å². The number of allylic oxidation sites excluding steroid dienone is 3. The Morgan fingerprint density at radius 3 is 2.58 bits per heavy atom. The number of rotatable bonds is 3. The van der Waals surface area contributed by atoms with E-state index >= 15 is 0 Å². The van der Waals surface area contributed by atoms with Gasteiger partial charge in [0.05, 0.1) is 12.5 Å². The van der Waals surface area contributed by atoms with Crippen LogP contribution in [0.4, 0.5) is 13.2 Å². The molecule has 166 valence electrons. The van der Waals surface area contributed by atoms with E-state index in [0.717, 1.165) is 12.3 Å². The molecule has 5 nitrogen and oxygen atoms in total. The first kappa shape index (κ1) is 21.7. The lowest BCUT2D eigenvalue weighted by molar-refractivity contribution is 0.0166. The Balaban J connectivity index is 1.81. The average molecular weight is 453 g/mol. The molecule has 0 radical (unpaired) electrons. The van der Waals surface area contributed by atoms with Gasteiger partial charge in [0, 0.05) is 17.9 Å². The van der Waals surface area contributed by atoms with Crippen LogP contribution in [-0.2, 0) is 16.3 Å². The highest BCUT2D eigenvalue weighted by atomic mass is 32.2. The molecule has 2 N–H and O–H groups in total.